The minimum atomic E-state index is 0.418. The number of ether oxygens (including phenoxy) is 1. The lowest BCUT2D eigenvalue weighted by molar-refractivity contribution is 0.0707. The molecular formula is C23H22N4OS. The highest BCUT2D eigenvalue weighted by Crippen LogP contribution is 2.37. The quantitative estimate of drug-likeness (QED) is 0.486. The average molecular weight is 403 g/mol. The molecule has 3 heterocycles. The lowest BCUT2D eigenvalue weighted by Gasteiger charge is -2.24. The largest absolute Gasteiger partial charge is 0.389 e. The Kier molecular flexibility index (Phi) is 4.66. The Hall–Kier alpha value is -2.96. The predicted octanol–water partition coefficient (Wildman–Crippen LogP) is 4.68. The summed E-state index contributed by atoms with van der Waals surface area (Å²) < 4.78 is 8.01. The summed E-state index contributed by atoms with van der Waals surface area (Å²) in [6.07, 6.45) is 6.09. The molecule has 0 amide bonds. The van der Waals surface area contributed by atoms with Crippen molar-refractivity contribution in [2.24, 2.45) is 5.73 Å². The molecule has 0 atom stereocenters. The molecule has 0 radical (unpaired) electrons. The second kappa shape index (κ2) is 7.46. The van der Waals surface area contributed by atoms with Crippen LogP contribution in [-0.2, 0) is 4.74 Å². The molecule has 4 aromatic rings. The van der Waals surface area contributed by atoms with Gasteiger partial charge in [-0.25, -0.2) is 0 Å². The van der Waals surface area contributed by atoms with E-state index in [-0.39, 0.29) is 0 Å². The van der Waals surface area contributed by atoms with E-state index in [1.165, 1.54) is 16.5 Å². The van der Waals surface area contributed by atoms with Gasteiger partial charge in [0.05, 0.1) is 5.69 Å². The van der Waals surface area contributed by atoms with E-state index in [9.17, 15) is 0 Å². The fraction of sp³-hybridized carbons (Fsp3) is 0.217. The van der Waals surface area contributed by atoms with Crippen LogP contribution >= 0.6 is 12.2 Å². The molecule has 5 nitrogen and oxygen atoms in total. The van der Waals surface area contributed by atoms with Crippen LogP contribution in [0.25, 0.3) is 33.3 Å². The maximum Gasteiger partial charge on any atom is 0.104 e. The van der Waals surface area contributed by atoms with Crippen molar-refractivity contribution >= 4 is 28.1 Å². The molecule has 0 aliphatic carbocycles. The Morgan fingerprint density at radius 3 is 2.72 bits per heavy atom. The van der Waals surface area contributed by atoms with E-state index >= 15 is 0 Å². The smallest absolute Gasteiger partial charge is 0.104 e. The number of nitrogens with two attached hydrogens (primary N) is 1. The third-order valence-electron chi connectivity index (χ3n) is 5.69. The fourth-order valence-electron chi connectivity index (χ4n) is 4.17. The summed E-state index contributed by atoms with van der Waals surface area (Å²) in [4.78, 5) is 0.418. The maximum absolute atomic E-state index is 5.87. The molecule has 6 heteroatoms. The van der Waals surface area contributed by atoms with Crippen molar-refractivity contribution in [2.75, 3.05) is 13.2 Å². The molecule has 2 aromatic carbocycles. The Morgan fingerprint density at radius 1 is 1.10 bits per heavy atom. The first kappa shape index (κ1) is 18.1. The van der Waals surface area contributed by atoms with E-state index < -0.39 is 0 Å². The van der Waals surface area contributed by atoms with E-state index in [1.807, 2.05) is 18.2 Å². The summed E-state index contributed by atoms with van der Waals surface area (Å²) in [5.41, 5.74) is 12.4. The second-order valence-corrected chi connectivity index (χ2v) is 7.88. The SMILES string of the molecule is NC(=S)c1cccc(-c2cn(C3CCOCC3)c3cc(-c4ccn[nH]4)ccc23)c1. The molecule has 0 saturated carbocycles. The number of thiocarbonyl (C=S) groups is 1. The zero-order chi connectivity index (χ0) is 19.8. The second-order valence-electron chi connectivity index (χ2n) is 7.44. The first-order valence-electron chi connectivity index (χ1n) is 9.83. The van der Waals surface area contributed by atoms with Crippen LogP contribution in [0.15, 0.2) is 60.9 Å². The van der Waals surface area contributed by atoms with Gasteiger partial charge in [0, 0.05) is 59.2 Å². The van der Waals surface area contributed by atoms with Crippen molar-refractivity contribution in [3.63, 3.8) is 0 Å². The molecule has 2 aromatic heterocycles. The standard InChI is InChI=1S/C23H22N4OS/c24-23(29)17-3-1-2-15(12-17)20-14-27(18-7-10-28-11-8-18)22-13-16(4-5-19(20)22)21-6-9-25-26-21/h1-6,9,12-14,18H,7-8,10-11H2,(H2,24,29)(H,25,26). The summed E-state index contributed by atoms with van der Waals surface area (Å²) in [5.74, 6) is 0. The third-order valence-corrected chi connectivity index (χ3v) is 5.92. The van der Waals surface area contributed by atoms with Crippen LogP contribution in [0.1, 0.15) is 24.4 Å². The van der Waals surface area contributed by atoms with Gasteiger partial charge in [0.2, 0.25) is 0 Å². The van der Waals surface area contributed by atoms with Crippen LogP contribution in [0.5, 0.6) is 0 Å². The number of hydrogen-bond donors (Lipinski definition) is 2. The number of H-pyrrole nitrogens is 1. The van der Waals surface area contributed by atoms with Gasteiger partial charge in [-0.1, -0.05) is 42.5 Å². The molecule has 29 heavy (non-hydrogen) atoms. The number of hydrogen-bond acceptors (Lipinski definition) is 3. The Labute approximate surface area is 174 Å². The molecule has 1 aliphatic rings. The summed E-state index contributed by atoms with van der Waals surface area (Å²) in [5, 5.41) is 8.39. The lowest BCUT2D eigenvalue weighted by atomic mass is 10.0. The first-order valence-corrected chi connectivity index (χ1v) is 10.2. The van der Waals surface area contributed by atoms with E-state index in [0.717, 1.165) is 48.4 Å². The number of rotatable bonds is 4. The number of fused-ring (bicyclic) bond motifs is 1. The van der Waals surface area contributed by atoms with Gasteiger partial charge in [-0.05, 0) is 36.6 Å². The van der Waals surface area contributed by atoms with E-state index in [0.29, 0.717) is 11.0 Å². The Bertz CT molecular complexity index is 1170. The molecule has 5 rings (SSSR count). The zero-order valence-corrected chi connectivity index (χ0v) is 16.8. The van der Waals surface area contributed by atoms with E-state index in [4.69, 9.17) is 22.7 Å². The van der Waals surface area contributed by atoms with Crippen LogP contribution < -0.4 is 5.73 Å². The van der Waals surface area contributed by atoms with Crippen molar-refractivity contribution in [3.8, 4) is 22.4 Å². The van der Waals surface area contributed by atoms with Crippen molar-refractivity contribution < 1.29 is 4.74 Å². The maximum atomic E-state index is 5.87. The minimum Gasteiger partial charge on any atom is -0.389 e. The van der Waals surface area contributed by atoms with Gasteiger partial charge in [0.25, 0.3) is 0 Å². The van der Waals surface area contributed by atoms with Gasteiger partial charge in [-0.2, -0.15) is 5.10 Å². The normalized spacial score (nSPS) is 15.0. The van der Waals surface area contributed by atoms with Gasteiger partial charge >= 0.3 is 0 Å². The van der Waals surface area contributed by atoms with Gasteiger partial charge < -0.3 is 15.0 Å². The Morgan fingerprint density at radius 2 is 1.97 bits per heavy atom. The lowest BCUT2D eigenvalue weighted by Crippen LogP contribution is -2.18. The topological polar surface area (TPSA) is 68.9 Å². The highest BCUT2D eigenvalue weighted by atomic mass is 32.1. The highest BCUT2D eigenvalue weighted by Gasteiger charge is 2.20. The van der Waals surface area contributed by atoms with Crippen molar-refractivity contribution in [3.05, 3.63) is 66.5 Å². The Balaban J connectivity index is 1.70. The molecule has 146 valence electrons. The zero-order valence-electron chi connectivity index (χ0n) is 16.0. The van der Waals surface area contributed by atoms with Crippen LogP contribution in [0.4, 0.5) is 0 Å². The molecule has 1 fully saturated rings. The van der Waals surface area contributed by atoms with Crippen LogP contribution in [0, 0.1) is 0 Å². The van der Waals surface area contributed by atoms with Crippen molar-refractivity contribution in [1.29, 1.82) is 0 Å². The number of benzene rings is 2. The van der Waals surface area contributed by atoms with E-state index in [1.54, 1.807) is 6.20 Å². The highest BCUT2D eigenvalue weighted by molar-refractivity contribution is 7.80. The van der Waals surface area contributed by atoms with E-state index in [2.05, 4.69) is 51.3 Å². The van der Waals surface area contributed by atoms with Gasteiger partial charge in [0.1, 0.15) is 4.99 Å². The summed E-state index contributed by atoms with van der Waals surface area (Å²) in [7, 11) is 0. The average Bonchev–Trinajstić information content (AvgIpc) is 3.42. The number of nitrogens with zero attached hydrogens (tertiary/aromatic N) is 2. The predicted molar refractivity (Wildman–Crippen MR) is 120 cm³/mol. The first-order chi connectivity index (χ1) is 14.2. The number of aromatic nitrogens is 3. The summed E-state index contributed by atoms with van der Waals surface area (Å²) in [6, 6.07) is 17.2. The van der Waals surface area contributed by atoms with Crippen molar-refractivity contribution in [2.45, 2.75) is 18.9 Å². The van der Waals surface area contributed by atoms with Gasteiger partial charge in [-0.15, -0.1) is 0 Å². The van der Waals surface area contributed by atoms with Crippen LogP contribution in [0.3, 0.4) is 0 Å². The van der Waals surface area contributed by atoms with Crippen LogP contribution in [0.2, 0.25) is 0 Å². The summed E-state index contributed by atoms with van der Waals surface area (Å²) >= 11 is 5.19. The minimum absolute atomic E-state index is 0.418. The van der Waals surface area contributed by atoms with Gasteiger partial charge in [-0.3, -0.25) is 5.10 Å². The fourth-order valence-corrected chi connectivity index (χ4v) is 4.30. The molecule has 1 aliphatic heterocycles. The molecule has 1 saturated heterocycles. The molecule has 3 N–H and O–H groups in total. The third kappa shape index (κ3) is 3.34. The molecule has 0 unspecified atom stereocenters. The van der Waals surface area contributed by atoms with Crippen LogP contribution in [-0.4, -0.2) is 33.0 Å². The number of nitrogens with one attached hydrogen (secondary N) is 1. The molecule has 0 spiro atoms. The molecule has 0 bridgehead atoms. The summed E-state index contributed by atoms with van der Waals surface area (Å²) in [6.45, 7) is 1.60. The molecular weight excluding hydrogens is 380 g/mol. The monoisotopic (exact) mass is 402 g/mol. The van der Waals surface area contributed by atoms with Gasteiger partial charge in [0.15, 0.2) is 0 Å². The van der Waals surface area contributed by atoms with Crippen molar-refractivity contribution in [1.82, 2.24) is 14.8 Å². The number of aromatic amines is 1.